The van der Waals surface area contributed by atoms with Crippen molar-refractivity contribution in [2.45, 2.75) is 20.3 Å². The molecule has 0 N–H and O–H groups in total. The fourth-order valence-corrected chi connectivity index (χ4v) is 1.55. The van der Waals surface area contributed by atoms with Crippen molar-refractivity contribution in [2.24, 2.45) is 0 Å². The highest BCUT2D eigenvalue weighted by Crippen LogP contribution is 2.16. The molecule has 0 spiro atoms. The van der Waals surface area contributed by atoms with Crippen LogP contribution in [0.2, 0.25) is 0 Å². The summed E-state index contributed by atoms with van der Waals surface area (Å²) in [7, 11) is 0. The van der Waals surface area contributed by atoms with Gasteiger partial charge in [-0.05, 0) is 31.0 Å². The van der Waals surface area contributed by atoms with Crippen LogP contribution in [-0.4, -0.2) is 4.98 Å². The molecule has 0 saturated heterocycles. The van der Waals surface area contributed by atoms with Crippen LogP contribution >= 0.6 is 0 Å². The van der Waals surface area contributed by atoms with Crippen LogP contribution in [0, 0.1) is 6.92 Å². The first-order chi connectivity index (χ1) is 6.31. The molecule has 13 heavy (non-hydrogen) atoms. The second kappa shape index (κ2) is 3.17. The van der Waals surface area contributed by atoms with Crippen LogP contribution in [0.15, 0.2) is 30.3 Å². The minimum atomic E-state index is 1.00. The van der Waals surface area contributed by atoms with E-state index >= 15 is 0 Å². The monoisotopic (exact) mass is 171 g/mol. The van der Waals surface area contributed by atoms with E-state index in [2.05, 4.69) is 49.2 Å². The number of aryl methyl sites for hydroxylation is 2. The third-order valence-electron chi connectivity index (χ3n) is 2.37. The summed E-state index contributed by atoms with van der Waals surface area (Å²) in [5.41, 5.74) is 3.57. The van der Waals surface area contributed by atoms with Gasteiger partial charge in [0.15, 0.2) is 0 Å². The molecule has 0 bridgehead atoms. The Labute approximate surface area is 78.4 Å². The SMILES string of the molecule is CCc1ccc2c(C)cccc2n1. The topological polar surface area (TPSA) is 12.9 Å². The van der Waals surface area contributed by atoms with E-state index in [0.717, 1.165) is 17.6 Å². The second-order valence-electron chi connectivity index (χ2n) is 3.30. The first-order valence-corrected chi connectivity index (χ1v) is 4.66. The normalized spacial score (nSPS) is 10.6. The molecule has 2 aromatic rings. The molecule has 0 aliphatic heterocycles. The van der Waals surface area contributed by atoms with E-state index in [1.165, 1.54) is 10.9 Å². The highest BCUT2D eigenvalue weighted by atomic mass is 14.7. The predicted molar refractivity (Wildman–Crippen MR) is 55.9 cm³/mol. The fourth-order valence-electron chi connectivity index (χ4n) is 1.55. The molecule has 0 unspecified atom stereocenters. The van der Waals surface area contributed by atoms with Gasteiger partial charge in [0, 0.05) is 11.1 Å². The predicted octanol–water partition coefficient (Wildman–Crippen LogP) is 3.11. The Morgan fingerprint density at radius 2 is 2.00 bits per heavy atom. The number of benzene rings is 1. The maximum Gasteiger partial charge on any atom is 0.0707 e. The van der Waals surface area contributed by atoms with E-state index in [4.69, 9.17) is 0 Å². The van der Waals surface area contributed by atoms with E-state index in [-0.39, 0.29) is 0 Å². The number of aromatic nitrogens is 1. The largest absolute Gasteiger partial charge is 0.253 e. The van der Waals surface area contributed by atoms with Crippen LogP contribution in [0.3, 0.4) is 0 Å². The fraction of sp³-hybridized carbons (Fsp3) is 0.250. The van der Waals surface area contributed by atoms with Crippen LogP contribution in [0.5, 0.6) is 0 Å². The highest BCUT2D eigenvalue weighted by molar-refractivity contribution is 5.81. The third-order valence-corrected chi connectivity index (χ3v) is 2.37. The molecular formula is C12H13N. The van der Waals surface area contributed by atoms with Crippen molar-refractivity contribution in [1.82, 2.24) is 4.98 Å². The summed E-state index contributed by atoms with van der Waals surface area (Å²) in [6.45, 7) is 4.25. The summed E-state index contributed by atoms with van der Waals surface area (Å²) >= 11 is 0. The molecule has 0 radical (unpaired) electrons. The van der Waals surface area contributed by atoms with Gasteiger partial charge < -0.3 is 0 Å². The average Bonchev–Trinajstić information content (AvgIpc) is 2.18. The Balaban J connectivity index is 2.72. The molecular weight excluding hydrogens is 158 g/mol. The molecule has 0 saturated carbocycles. The minimum absolute atomic E-state index is 1.00. The number of rotatable bonds is 1. The zero-order valence-corrected chi connectivity index (χ0v) is 8.04. The van der Waals surface area contributed by atoms with Crippen LogP contribution < -0.4 is 0 Å². The maximum absolute atomic E-state index is 4.55. The van der Waals surface area contributed by atoms with Crippen molar-refractivity contribution in [3.05, 3.63) is 41.6 Å². The number of hydrogen-bond acceptors (Lipinski definition) is 1. The van der Waals surface area contributed by atoms with Gasteiger partial charge in [0.25, 0.3) is 0 Å². The summed E-state index contributed by atoms with van der Waals surface area (Å²) in [5, 5.41) is 1.26. The van der Waals surface area contributed by atoms with Gasteiger partial charge in [-0.15, -0.1) is 0 Å². The van der Waals surface area contributed by atoms with Gasteiger partial charge in [0.1, 0.15) is 0 Å². The smallest absolute Gasteiger partial charge is 0.0707 e. The van der Waals surface area contributed by atoms with Crippen molar-refractivity contribution in [3.8, 4) is 0 Å². The van der Waals surface area contributed by atoms with Crippen molar-refractivity contribution in [3.63, 3.8) is 0 Å². The average molecular weight is 171 g/mol. The van der Waals surface area contributed by atoms with Crippen LogP contribution in [0.25, 0.3) is 10.9 Å². The lowest BCUT2D eigenvalue weighted by atomic mass is 10.1. The molecule has 1 aromatic heterocycles. The maximum atomic E-state index is 4.55. The Kier molecular flexibility index (Phi) is 2.01. The van der Waals surface area contributed by atoms with Crippen LogP contribution in [0.4, 0.5) is 0 Å². The number of pyridine rings is 1. The van der Waals surface area contributed by atoms with Gasteiger partial charge in [-0.1, -0.05) is 25.1 Å². The van der Waals surface area contributed by atoms with Gasteiger partial charge in [0.2, 0.25) is 0 Å². The van der Waals surface area contributed by atoms with Crippen molar-refractivity contribution in [1.29, 1.82) is 0 Å². The van der Waals surface area contributed by atoms with E-state index in [0.29, 0.717) is 0 Å². The molecule has 0 aliphatic carbocycles. The Morgan fingerprint density at radius 1 is 1.15 bits per heavy atom. The number of nitrogens with zero attached hydrogens (tertiary/aromatic N) is 1. The van der Waals surface area contributed by atoms with Gasteiger partial charge in [-0.2, -0.15) is 0 Å². The highest BCUT2D eigenvalue weighted by Gasteiger charge is 1.98. The molecule has 2 rings (SSSR count). The minimum Gasteiger partial charge on any atom is -0.253 e. The Morgan fingerprint density at radius 3 is 2.77 bits per heavy atom. The first-order valence-electron chi connectivity index (χ1n) is 4.66. The zero-order chi connectivity index (χ0) is 9.26. The third kappa shape index (κ3) is 1.42. The van der Waals surface area contributed by atoms with Gasteiger partial charge in [-0.25, -0.2) is 0 Å². The molecule has 1 heterocycles. The Hall–Kier alpha value is -1.37. The lowest BCUT2D eigenvalue weighted by molar-refractivity contribution is 1.06. The number of fused-ring (bicyclic) bond motifs is 1. The van der Waals surface area contributed by atoms with E-state index in [1.807, 2.05) is 0 Å². The molecule has 0 amide bonds. The molecule has 66 valence electrons. The standard InChI is InChI=1S/C12H13N/c1-3-10-7-8-11-9(2)5-4-6-12(11)13-10/h4-8H,3H2,1-2H3. The summed E-state index contributed by atoms with van der Waals surface area (Å²) in [4.78, 5) is 4.55. The second-order valence-corrected chi connectivity index (χ2v) is 3.30. The summed E-state index contributed by atoms with van der Waals surface area (Å²) in [6, 6.07) is 10.5. The van der Waals surface area contributed by atoms with Crippen LogP contribution in [0.1, 0.15) is 18.2 Å². The molecule has 1 heteroatoms. The Bertz CT molecular complexity index is 432. The molecule has 0 atom stereocenters. The summed E-state index contributed by atoms with van der Waals surface area (Å²) in [5.74, 6) is 0. The van der Waals surface area contributed by atoms with Crippen molar-refractivity contribution in [2.75, 3.05) is 0 Å². The van der Waals surface area contributed by atoms with Crippen molar-refractivity contribution < 1.29 is 0 Å². The summed E-state index contributed by atoms with van der Waals surface area (Å²) < 4.78 is 0. The summed E-state index contributed by atoms with van der Waals surface area (Å²) in [6.07, 6.45) is 1.00. The van der Waals surface area contributed by atoms with Crippen molar-refractivity contribution >= 4 is 10.9 Å². The van der Waals surface area contributed by atoms with Gasteiger partial charge in [0.05, 0.1) is 5.52 Å². The molecule has 0 aliphatic rings. The molecule has 1 nitrogen and oxygen atoms in total. The van der Waals surface area contributed by atoms with E-state index in [1.54, 1.807) is 0 Å². The molecule has 1 aromatic carbocycles. The van der Waals surface area contributed by atoms with Gasteiger partial charge in [-0.3, -0.25) is 4.98 Å². The lowest BCUT2D eigenvalue weighted by Crippen LogP contribution is -1.88. The van der Waals surface area contributed by atoms with E-state index in [9.17, 15) is 0 Å². The van der Waals surface area contributed by atoms with Gasteiger partial charge >= 0.3 is 0 Å². The molecule has 0 fully saturated rings. The zero-order valence-electron chi connectivity index (χ0n) is 8.04. The lowest BCUT2D eigenvalue weighted by Gasteiger charge is -2.02. The number of hydrogen-bond donors (Lipinski definition) is 0. The quantitative estimate of drug-likeness (QED) is 0.642. The van der Waals surface area contributed by atoms with Crippen LogP contribution in [-0.2, 0) is 6.42 Å². The van der Waals surface area contributed by atoms with E-state index < -0.39 is 0 Å². The first kappa shape index (κ1) is 8.24.